The lowest BCUT2D eigenvalue weighted by Gasteiger charge is -2.24. The number of aliphatic hydroxyl groups excluding tert-OH is 1. The topological polar surface area (TPSA) is 43.7 Å². The lowest BCUT2D eigenvalue weighted by Crippen LogP contribution is -2.16. The van der Waals surface area contributed by atoms with E-state index in [2.05, 4.69) is 0 Å². The molecule has 0 bridgehead atoms. The Labute approximate surface area is 117 Å². The molecule has 2 rings (SSSR count). The summed E-state index contributed by atoms with van der Waals surface area (Å²) >= 11 is 0. The van der Waals surface area contributed by atoms with Gasteiger partial charge in [0, 0.05) is 29.5 Å². The molecule has 2 aromatic carbocycles. The molecule has 3 nitrogen and oxygen atoms in total. The zero-order chi connectivity index (χ0) is 14.7. The van der Waals surface area contributed by atoms with Crippen LogP contribution in [0.2, 0.25) is 0 Å². The second-order valence-corrected chi connectivity index (χ2v) is 4.64. The van der Waals surface area contributed by atoms with Crippen molar-refractivity contribution >= 4 is 11.4 Å². The Morgan fingerprint density at radius 2 is 1.85 bits per heavy atom. The standard InChI is InChI=1S/C16H18FNO2/c1-3-18(13-6-4-5-12(17)9-13)14-7-8-15(11(2)19)16(20)10-14/h4-11,19-20H,3H2,1-2H3. The number of hydrogen-bond donors (Lipinski definition) is 2. The fraction of sp³-hybridized carbons (Fsp3) is 0.250. The average Bonchev–Trinajstić information content (AvgIpc) is 2.39. The Kier molecular flexibility index (Phi) is 4.25. The van der Waals surface area contributed by atoms with Crippen molar-refractivity contribution in [2.45, 2.75) is 20.0 Å². The van der Waals surface area contributed by atoms with Gasteiger partial charge in [-0.25, -0.2) is 4.39 Å². The summed E-state index contributed by atoms with van der Waals surface area (Å²) in [5, 5.41) is 19.5. The second kappa shape index (κ2) is 5.92. The Hall–Kier alpha value is -2.07. The van der Waals surface area contributed by atoms with Gasteiger partial charge in [-0.1, -0.05) is 12.1 Å². The first-order valence-electron chi connectivity index (χ1n) is 6.57. The van der Waals surface area contributed by atoms with Gasteiger partial charge < -0.3 is 15.1 Å². The molecule has 0 amide bonds. The van der Waals surface area contributed by atoms with Crippen LogP contribution < -0.4 is 4.90 Å². The molecule has 0 aliphatic heterocycles. The van der Waals surface area contributed by atoms with E-state index in [-0.39, 0.29) is 11.6 Å². The highest BCUT2D eigenvalue weighted by Gasteiger charge is 2.12. The fourth-order valence-electron chi connectivity index (χ4n) is 2.21. The van der Waals surface area contributed by atoms with Crippen molar-refractivity contribution in [2.24, 2.45) is 0 Å². The third kappa shape index (κ3) is 2.91. The van der Waals surface area contributed by atoms with Gasteiger partial charge in [0.2, 0.25) is 0 Å². The van der Waals surface area contributed by atoms with Gasteiger partial charge >= 0.3 is 0 Å². The molecule has 4 heteroatoms. The number of benzene rings is 2. The molecule has 0 aliphatic carbocycles. The van der Waals surface area contributed by atoms with Crippen LogP contribution in [0.15, 0.2) is 42.5 Å². The molecule has 0 heterocycles. The minimum atomic E-state index is -0.728. The molecule has 0 spiro atoms. The summed E-state index contributed by atoms with van der Waals surface area (Å²) in [4.78, 5) is 1.88. The number of hydrogen-bond acceptors (Lipinski definition) is 3. The van der Waals surface area contributed by atoms with Gasteiger partial charge in [0.25, 0.3) is 0 Å². The second-order valence-electron chi connectivity index (χ2n) is 4.64. The average molecular weight is 275 g/mol. The minimum Gasteiger partial charge on any atom is -0.507 e. The maximum absolute atomic E-state index is 13.3. The molecule has 0 aromatic heterocycles. The Balaban J connectivity index is 2.40. The van der Waals surface area contributed by atoms with E-state index in [1.165, 1.54) is 12.1 Å². The summed E-state index contributed by atoms with van der Waals surface area (Å²) in [6.45, 7) is 4.18. The number of halogens is 1. The fourth-order valence-corrected chi connectivity index (χ4v) is 2.21. The maximum Gasteiger partial charge on any atom is 0.125 e. The molecule has 0 saturated heterocycles. The van der Waals surface area contributed by atoms with Gasteiger partial charge in [0.05, 0.1) is 6.10 Å². The summed E-state index contributed by atoms with van der Waals surface area (Å²) < 4.78 is 13.3. The number of aliphatic hydroxyl groups is 1. The van der Waals surface area contributed by atoms with Crippen LogP contribution in [0.3, 0.4) is 0 Å². The van der Waals surface area contributed by atoms with Crippen molar-refractivity contribution in [2.75, 3.05) is 11.4 Å². The normalized spacial score (nSPS) is 12.2. The maximum atomic E-state index is 13.3. The van der Waals surface area contributed by atoms with Crippen molar-refractivity contribution in [3.63, 3.8) is 0 Å². The molecule has 106 valence electrons. The number of phenols is 1. The van der Waals surface area contributed by atoms with Crippen molar-refractivity contribution in [1.82, 2.24) is 0 Å². The minimum absolute atomic E-state index is 0.0346. The molecule has 20 heavy (non-hydrogen) atoms. The lowest BCUT2D eigenvalue weighted by atomic mass is 10.1. The van der Waals surface area contributed by atoms with Crippen molar-refractivity contribution in [3.05, 3.63) is 53.8 Å². The molecule has 0 saturated carbocycles. The molecular formula is C16H18FNO2. The van der Waals surface area contributed by atoms with Gasteiger partial charge in [0.15, 0.2) is 0 Å². The van der Waals surface area contributed by atoms with Crippen molar-refractivity contribution in [1.29, 1.82) is 0 Å². The van der Waals surface area contributed by atoms with Crippen LogP contribution in [-0.4, -0.2) is 16.8 Å². The highest BCUT2D eigenvalue weighted by Crippen LogP contribution is 2.32. The van der Waals surface area contributed by atoms with Crippen LogP contribution in [0.1, 0.15) is 25.5 Å². The molecular weight excluding hydrogens is 257 g/mol. The Bertz CT molecular complexity index is 599. The molecule has 2 N–H and O–H groups in total. The summed E-state index contributed by atoms with van der Waals surface area (Å²) in [6.07, 6.45) is -0.728. The van der Waals surface area contributed by atoms with E-state index < -0.39 is 6.10 Å². The van der Waals surface area contributed by atoms with Crippen LogP contribution >= 0.6 is 0 Å². The van der Waals surface area contributed by atoms with Crippen LogP contribution in [0.5, 0.6) is 5.75 Å². The SMILES string of the molecule is CCN(c1cccc(F)c1)c1ccc(C(C)O)c(O)c1. The molecule has 0 aliphatic rings. The van der Waals surface area contributed by atoms with Crippen LogP contribution in [0.4, 0.5) is 15.8 Å². The largest absolute Gasteiger partial charge is 0.507 e. The predicted molar refractivity (Wildman–Crippen MR) is 77.8 cm³/mol. The van der Waals surface area contributed by atoms with E-state index in [0.29, 0.717) is 12.1 Å². The van der Waals surface area contributed by atoms with E-state index in [4.69, 9.17) is 0 Å². The van der Waals surface area contributed by atoms with Gasteiger partial charge in [-0.15, -0.1) is 0 Å². The van der Waals surface area contributed by atoms with E-state index in [9.17, 15) is 14.6 Å². The lowest BCUT2D eigenvalue weighted by molar-refractivity contribution is 0.195. The molecule has 0 radical (unpaired) electrons. The monoisotopic (exact) mass is 275 g/mol. The van der Waals surface area contributed by atoms with Crippen molar-refractivity contribution in [3.8, 4) is 5.75 Å². The van der Waals surface area contributed by atoms with Gasteiger partial charge in [-0.3, -0.25) is 0 Å². The first-order valence-corrected chi connectivity index (χ1v) is 6.57. The summed E-state index contributed by atoms with van der Waals surface area (Å²) in [7, 11) is 0. The van der Waals surface area contributed by atoms with Gasteiger partial charge in [-0.05, 0) is 38.1 Å². The van der Waals surface area contributed by atoms with Crippen LogP contribution in [0.25, 0.3) is 0 Å². The van der Waals surface area contributed by atoms with E-state index in [1.54, 1.807) is 31.2 Å². The molecule has 2 aromatic rings. The van der Waals surface area contributed by atoms with Crippen LogP contribution in [-0.2, 0) is 0 Å². The number of nitrogens with zero attached hydrogens (tertiary/aromatic N) is 1. The molecule has 1 atom stereocenters. The summed E-state index contributed by atoms with van der Waals surface area (Å²) in [5.41, 5.74) is 1.95. The predicted octanol–water partition coefficient (Wildman–Crippen LogP) is 3.74. The third-order valence-electron chi connectivity index (χ3n) is 3.21. The smallest absolute Gasteiger partial charge is 0.125 e. The first-order chi connectivity index (χ1) is 9.52. The van der Waals surface area contributed by atoms with Gasteiger partial charge in [-0.2, -0.15) is 0 Å². The van der Waals surface area contributed by atoms with Crippen molar-refractivity contribution < 1.29 is 14.6 Å². The zero-order valence-corrected chi connectivity index (χ0v) is 11.5. The Morgan fingerprint density at radius 1 is 1.15 bits per heavy atom. The third-order valence-corrected chi connectivity index (χ3v) is 3.21. The summed E-state index contributed by atoms with van der Waals surface area (Å²) in [5.74, 6) is -0.266. The highest BCUT2D eigenvalue weighted by molar-refractivity contribution is 5.65. The van der Waals surface area contributed by atoms with E-state index in [0.717, 1.165) is 11.4 Å². The summed E-state index contributed by atoms with van der Waals surface area (Å²) in [6, 6.07) is 11.4. The Morgan fingerprint density at radius 3 is 2.40 bits per heavy atom. The number of phenolic OH excluding ortho intramolecular Hbond substituents is 1. The molecule has 1 unspecified atom stereocenters. The van der Waals surface area contributed by atoms with E-state index >= 15 is 0 Å². The quantitative estimate of drug-likeness (QED) is 0.893. The van der Waals surface area contributed by atoms with Crippen LogP contribution in [0, 0.1) is 5.82 Å². The zero-order valence-electron chi connectivity index (χ0n) is 11.5. The first kappa shape index (κ1) is 14.3. The number of anilines is 2. The molecule has 0 fully saturated rings. The van der Waals surface area contributed by atoms with Gasteiger partial charge in [0.1, 0.15) is 11.6 Å². The van der Waals surface area contributed by atoms with E-state index in [1.807, 2.05) is 17.9 Å². The number of aromatic hydroxyl groups is 1. The number of rotatable bonds is 4. The highest BCUT2D eigenvalue weighted by atomic mass is 19.1.